The molecule has 0 aliphatic carbocycles. The molecule has 0 atom stereocenters. The van der Waals surface area contributed by atoms with Gasteiger partial charge in [0.05, 0.1) is 10.6 Å². The minimum atomic E-state index is 0.692. The Labute approximate surface area is 97.6 Å². The molecule has 2 heterocycles. The van der Waals surface area contributed by atoms with Crippen LogP contribution in [0.5, 0.6) is 0 Å². The number of anilines is 1. The Morgan fingerprint density at radius 2 is 2.19 bits per heavy atom. The zero-order valence-corrected chi connectivity index (χ0v) is 9.80. The summed E-state index contributed by atoms with van der Waals surface area (Å²) in [5.41, 5.74) is 0.850. The number of hydrogen-bond donors (Lipinski definition) is 1. The zero-order valence-electron chi connectivity index (χ0n) is 8.98. The van der Waals surface area contributed by atoms with Crippen molar-refractivity contribution in [2.24, 2.45) is 0 Å². The molecular weight excluding hydrogens is 220 g/mol. The van der Waals surface area contributed by atoms with Crippen molar-refractivity contribution in [3.63, 3.8) is 0 Å². The Kier molecular flexibility index (Phi) is 2.84. The normalized spacial score (nSPS) is 9.81. The van der Waals surface area contributed by atoms with Crippen LogP contribution in [0.2, 0.25) is 0 Å². The lowest BCUT2D eigenvalue weighted by atomic mass is 10.3. The highest BCUT2D eigenvalue weighted by Gasteiger charge is 2.06. The number of aryl methyl sites for hydroxylation is 1. The molecule has 0 aliphatic heterocycles. The van der Waals surface area contributed by atoms with E-state index >= 15 is 0 Å². The monoisotopic (exact) mass is 230 g/mol. The van der Waals surface area contributed by atoms with E-state index in [2.05, 4.69) is 21.4 Å². The van der Waals surface area contributed by atoms with E-state index in [-0.39, 0.29) is 0 Å². The number of thiophene rings is 1. The van der Waals surface area contributed by atoms with Crippen molar-refractivity contribution in [3.8, 4) is 16.6 Å². The topological polar surface area (TPSA) is 61.6 Å². The quantitative estimate of drug-likeness (QED) is 0.860. The molecule has 0 saturated carbocycles. The molecule has 0 aliphatic rings. The maximum Gasteiger partial charge on any atom is 0.130 e. The fourth-order valence-electron chi connectivity index (χ4n) is 1.36. The van der Waals surface area contributed by atoms with Gasteiger partial charge in [0.15, 0.2) is 0 Å². The third-order valence-corrected chi connectivity index (χ3v) is 3.08. The predicted molar refractivity (Wildman–Crippen MR) is 64.3 cm³/mol. The standard InChI is InChI=1S/C11H10N4S/c1-7-14-9(5-11(13-2)15-7)10-4-3-8(6-12)16-10/h3-5H,1-2H3,(H,13,14,15). The summed E-state index contributed by atoms with van der Waals surface area (Å²) in [6.07, 6.45) is 0. The van der Waals surface area contributed by atoms with E-state index in [1.54, 1.807) is 6.07 Å². The summed E-state index contributed by atoms with van der Waals surface area (Å²) in [6.45, 7) is 1.85. The van der Waals surface area contributed by atoms with Gasteiger partial charge in [-0.2, -0.15) is 5.26 Å². The van der Waals surface area contributed by atoms with E-state index < -0.39 is 0 Å². The molecule has 80 valence electrons. The zero-order chi connectivity index (χ0) is 11.5. The second-order valence-electron chi connectivity index (χ2n) is 3.21. The van der Waals surface area contributed by atoms with Crippen LogP contribution in [0.1, 0.15) is 10.7 Å². The Balaban J connectivity index is 2.47. The highest BCUT2D eigenvalue weighted by Crippen LogP contribution is 2.27. The van der Waals surface area contributed by atoms with E-state index in [0.717, 1.165) is 16.4 Å². The van der Waals surface area contributed by atoms with E-state index in [4.69, 9.17) is 5.26 Å². The van der Waals surface area contributed by atoms with Crippen molar-refractivity contribution in [3.05, 3.63) is 28.9 Å². The number of aromatic nitrogens is 2. The van der Waals surface area contributed by atoms with Crippen LogP contribution in [0, 0.1) is 18.3 Å². The van der Waals surface area contributed by atoms with Crippen LogP contribution < -0.4 is 5.32 Å². The molecule has 16 heavy (non-hydrogen) atoms. The summed E-state index contributed by atoms with van der Waals surface area (Å²) in [5.74, 6) is 1.50. The first-order valence-electron chi connectivity index (χ1n) is 4.76. The van der Waals surface area contributed by atoms with Gasteiger partial charge in [0.1, 0.15) is 22.6 Å². The number of hydrogen-bond acceptors (Lipinski definition) is 5. The fraction of sp³-hybridized carbons (Fsp3) is 0.182. The van der Waals surface area contributed by atoms with Gasteiger partial charge >= 0.3 is 0 Å². The molecule has 0 unspecified atom stereocenters. The van der Waals surface area contributed by atoms with E-state index in [9.17, 15) is 0 Å². The molecular formula is C11H10N4S. The van der Waals surface area contributed by atoms with Gasteiger partial charge in [-0.15, -0.1) is 11.3 Å². The average molecular weight is 230 g/mol. The maximum atomic E-state index is 8.77. The summed E-state index contributed by atoms with van der Waals surface area (Å²) in [7, 11) is 1.82. The number of rotatable bonds is 2. The average Bonchev–Trinajstić information content (AvgIpc) is 2.76. The smallest absolute Gasteiger partial charge is 0.130 e. The predicted octanol–water partition coefficient (Wildman–Crippen LogP) is 2.43. The van der Waals surface area contributed by atoms with Crippen molar-refractivity contribution in [1.82, 2.24) is 9.97 Å². The first-order valence-corrected chi connectivity index (χ1v) is 5.58. The first-order chi connectivity index (χ1) is 7.72. The van der Waals surface area contributed by atoms with Crippen LogP contribution in [0.15, 0.2) is 18.2 Å². The molecule has 0 saturated heterocycles. The molecule has 0 fully saturated rings. The summed E-state index contributed by atoms with van der Waals surface area (Å²) >= 11 is 1.43. The van der Waals surface area contributed by atoms with Crippen molar-refractivity contribution in [1.29, 1.82) is 5.26 Å². The van der Waals surface area contributed by atoms with E-state index in [0.29, 0.717) is 10.7 Å². The van der Waals surface area contributed by atoms with Crippen LogP contribution in [0.4, 0.5) is 5.82 Å². The van der Waals surface area contributed by atoms with E-state index in [1.165, 1.54) is 11.3 Å². The Morgan fingerprint density at radius 3 is 2.81 bits per heavy atom. The summed E-state index contributed by atoms with van der Waals surface area (Å²) in [5, 5.41) is 11.8. The molecule has 0 radical (unpaired) electrons. The van der Waals surface area contributed by atoms with Crippen LogP contribution in [0.25, 0.3) is 10.6 Å². The van der Waals surface area contributed by atoms with Crippen LogP contribution in [-0.2, 0) is 0 Å². The van der Waals surface area contributed by atoms with Crippen LogP contribution >= 0.6 is 11.3 Å². The Hall–Kier alpha value is -1.93. The second-order valence-corrected chi connectivity index (χ2v) is 4.30. The van der Waals surface area contributed by atoms with Gasteiger partial charge in [-0.25, -0.2) is 9.97 Å². The number of nitrogens with zero attached hydrogens (tertiary/aromatic N) is 3. The van der Waals surface area contributed by atoms with Gasteiger partial charge in [-0.1, -0.05) is 0 Å². The van der Waals surface area contributed by atoms with Gasteiger partial charge in [0.2, 0.25) is 0 Å². The molecule has 4 nitrogen and oxygen atoms in total. The minimum absolute atomic E-state index is 0.692. The summed E-state index contributed by atoms with van der Waals surface area (Å²) in [4.78, 5) is 10.2. The molecule has 0 amide bonds. The molecule has 5 heteroatoms. The van der Waals surface area contributed by atoms with Crippen molar-refractivity contribution in [2.75, 3.05) is 12.4 Å². The molecule has 1 N–H and O–H groups in total. The lowest BCUT2D eigenvalue weighted by Crippen LogP contribution is -1.97. The molecule has 2 rings (SSSR count). The minimum Gasteiger partial charge on any atom is -0.373 e. The van der Waals surface area contributed by atoms with Gasteiger partial charge in [-0.3, -0.25) is 0 Å². The first kappa shape index (κ1) is 10.6. The molecule has 2 aromatic heterocycles. The molecule has 0 bridgehead atoms. The molecule has 0 aromatic carbocycles. The lowest BCUT2D eigenvalue weighted by Gasteiger charge is -2.03. The third-order valence-electron chi connectivity index (χ3n) is 2.06. The SMILES string of the molecule is CNc1cc(-c2ccc(C#N)s2)nc(C)n1. The highest BCUT2D eigenvalue weighted by atomic mass is 32.1. The number of nitriles is 1. The Morgan fingerprint density at radius 1 is 1.38 bits per heavy atom. The summed E-state index contributed by atoms with van der Waals surface area (Å²) < 4.78 is 0. The van der Waals surface area contributed by atoms with Gasteiger partial charge in [0.25, 0.3) is 0 Å². The molecule has 2 aromatic rings. The maximum absolute atomic E-state index is 8.77. The van der Waals surface area contributed by atoms with Gasteiger partial charge in [-0.05, 0) is 19.1 Å². The third kappa shape index (κ3) is 2.02. The number of nitrogens with one attached hydrogen (secondary N) is 1. The van der Waals surface area contributed by atoms with Crippen LogP contribution in [-0.4, -0.2) is 17.0 Å². The highest BCUT2D eigenvalue weighted by molar-refractivity contribution is 7.15. The van der Waals surface area contributed by atoms with Gasteiger partial charge in [0, 0.05) is 13.1 Å². The fourth-order valence-corrected chi connectivity index (χ4v) is 2.12. The molecule has 0 spiro atoms. The van der Waals surface area contributed by atoms with Crippen molar-refractivity contribution < 1.29 is 0 Å². The van der Waals surface area contributed by atoms with Crippen LogP contribution in [0.3, 0.4) is 0 Å². The van der Waals surface area contributed by atoms with E-state index in [1.807, 2.05) is 26.1 Å². The lowest BCUT2D eigenvalue weighted by molar-refractivity contribution is 1.06. The Bertz CT molecular complexity index is 553. The van der Waals surface area contributed by atoms with Gasteiger partial charge < -0.3 is 5.32 Å². The summed E-state index contributed by atoms with van der Waals surface area (Å²) in [6, 6.07) is 7.70. The largest absolute Gasteiger partial charge is 0.373 e. The second kappa shape index (κ2) is 4.29. The van der Waals surface area contributed by atoms with Crippen molar-refractivity contribution >= 4 is 17.2 Å². The van der Waals surface area contributed by atoms with Crippen molar-refractivity contribution in [2.45, 2.75) is 6.92 Å².